The highest BCUT2D eigenvalue weighted by Gasteiger charge is 2.17. The summed E-state index contributed by atoms with van der Waals surface area (Å²) < 4.78 is 7.70. The van der Waals surface area contributed by atoms with E-state index in [1.165, 1.54) is 5.69 Å². The van der Waals surface area contributed by atoms with Gasteiger partial charge in [0, 0.05) is 30.7 Å². The maximum Gasteiger partial charge on any atom is 0.143 e. The van der Waals surface area contributed by atoms with Crippen molar-refractivity contribution in [3.8, 4) is 5.75 Å². The Morgan fingerprint density at radius 2 is 2.31 bits per heavy atom. The minimum Gasteiger partial charge on any atom is -0.495 e. The molecule has 0 aliphatic carbocycles. The van der Waals surface area contributed by atoms with E-state index in [0.29, 0.717) is 0 Å². The molecular weight excluding hydrogens is 224 g/mol. The topological polar surface area (TPSA) is 26.2 Å². The first-order valence-electron chi connectivity index (χ1n) is 5.36. The minimum absolute atomic E-state index is 0.790. The van der Waals surface area contributed by atoms with E-state index < -0.39 is 0 Å². The molecule has 2 aromatic rings. The number of hydrogen-bond donors (Lipinski definition) is 1. The van der Waals surface area contributed by atoms with Gasteiger partial charge in [-0.2, -0.15) is 0 Å². The van der Waals surface area contributed by atoms with Gasteiger partial charge in [-0.05, 0) is 18.2 Å². The molecular formula is C12H13ClN2O. The van der Waals surface area contributed by atoms with Crippen molar-refractivity contribution < 1.29 is 4.74 Å². The molecule has 0 unspecified atom stereocenters. The number of methoxy groups -OCH3 is 1. The zero-order valence-electron chi connectivity index (χ0n) is 9.09. The number of rotatable bonds is 1. The summed E-state index contributed by atoms with van der Waals surface area (Å²) in [6.07, 6.45) is 0. The van der Waals surface area contributed by atoms with Crippen LogP contribution < -0.4 is 10.1 Å². The van der Waals surface area contributed by atoms with Crippen molar-refractivity contribution in [3.63, 3.8) is 0 Å². The molecule has 1 aromatic carbocycles. The number of ether oxygens (including phenoxy) is 1. The summed E-state index contributed by atoms with van der Waals surface area (Å²) in [6.45, 7) is 2.86. The summed E-state index contributed by atoms with van der Waals surface area (Å²) in [7, 11) is 1.70. The standard InChI is InChI=1S/C12H13ClN2O/c1-16-11-3-2-10(13)9-6-8-7-14-4-5-15(8)12(9)11/h2-3,6,14H,4-5,7H2,1H3. The number of halogens is 1. The summed E-state index contributed by atoms with van der Waals surface area (Å²) >= 11 is 6.22. The van der Waals surface area contributed by atoms with Gasteiger partial charge < -0.3 is 14.6 Å². The molecule has 16 heavy (non-hydrogen) atoms. The van der Waals surface area contributed by atoms with Gasteiger partial charge in [0.15, 0.2) is 0 Å². The van der Waals surface area contributed by atoms with Crippen LogP contribution in [0.3, 0.4) is 0 Å². The van der Waals surface area contributed by atoms with E-state index in [9.17, 15) is 0 Å². The van der Waals surface area contributed by atoms with Crippen molar-refractivity contribution in [1.29, 1.82) is 0 Å². The molecule has 0 spiro atoms. The fourth-order valence-corrected chi connectivity index (χ4v) is 2.55. The summed E-state index contributed by atoms with van der Waals surface area (Å²) in [6, 6.07) is 5.97. The predicted octanol–water partition coefficient (Wildman–Crippen LogP) is 2.41. The second-order valence-corrected chi connectivity index (χ2v) is 4.38. The Labute approximate surface area is 99.0 Å². The van der Waals surface area contributed by atoms with E-state index in [0.717, 1.165) is 41.3 Å². The molecule has 3 nitrogen and oxygen atoms in total. The van der Waals surface area contributed by atoms with E-state index in [-0.39, 0.29) is 0 Å². The Morgan fingerprint density at radius 3 is 3.12 bits per heavy atom. The van der Waals surface area contributed by atoms with Gasteiger partial charge in [-0.25, -0.2) is 0 Å². The Balaban J connectivity index is 2.37. The molecule has 0 atom stereocenters. The van der Waals surface area contributed by atoms with Gasteiger partial charge in [0.2, 0.25) is 0 Å². The fraction of sp³-hybridized carbons (Fsp3) is 0.333. The van der Waals surface area contributed by atoms with Gasteiger partial charge in [-0.15, -0.1) is 0 Å². The Morgan fingerprint density at radius 1 is 1.44 bits per heavy atom. The van der Waals surface area contributed by atoms with Gasteiger partial charge in [-0.1, -0.05) is 11.6 Å². The first-order valence-corrected chi connectivity index (χ1v) is 5.74. The maximum absolute atomic E-state index is 6.22. The quantitative estimate of drug-likeness (QED) is 0.823. The van der Waals surface area contributed by atoms with Crippen LogP contribution in [0.4, 0.5) is 0 Å². The normalized spacial score (nSPS) is 15.1. The van der Waals surface area contributed by atoms with Crippen molar-refractivity contribution in [2.75, 3.05) is 13.7 Å². The molecule has 2 heterocycles. The highest BCUT2D eigenvalue weighted by Crippen LogP contribution is 2.34. The van der Waals surface area contributed by atoms with Crippen LogP contribution >= 0.6 is 11.6 Å². The van der Waals surface area contributed by atoms with E-state index >= 15 is 0 Å². The molecule has 0 radical (unpaired) electrons. The molecule has 1 aliphatic rings. The lowest BCUT2D eigenvalue weighted by Crippen LogP contribution is -2.27. The van der Waals surface area contributed by atoms with Crippen LogP contribution in [-0.2, 0) is 13.1 Å². The molecule has 84 valence electrons. The third-order valence-corrected chi connectivity index (χ3v) is 3.42. The van der Waals surface area contributed by atoms with Crippen LogP contribution in [0.5, 0.6) is 5.75 Å². The Kier molecular flexibility index (Phi) is 2.30. The number of hydrogen-bond acceptors (Lipinski definition) is 2. The Bertz CT molecular complexity index is 547. The first-order chi connectivity index (χ1) is 7.81. The molecule has 1 aromatic heterocycles. The highest BCUT2D eigenvalue weighted by molar-refractivity contribution is 6.35. The monoisotopic (exact) mass is 236 g/mol. The van der Waals surface area contributed by atoms with Crippen LogP contribution in [0.25, 0.3) is 10.9 Å². The molecule has 0 amide bonds. The maximum atomic E-state index is 6.22. The fourth-order valence-electron chi connectivity index (χ4n) is 2.34. The average Bonchev–Trinajstić information content (AvgIpc) is 2.70. The van der Waals surface area contributed by atoms with E-state index in [4.69, 9.17) is 16.3 Å². The SMILES string of the molecule is COc1ccc(Cl)c2cc3n(c12)CCNC3. The van der Waals surface area contributed by atoms with Crippen LogP contribution in [0.2, 0.25) is 5.02 Å². The smallest absolute Gasteiger partial charge is 0.143 e. The molecule has 0 fully saturated rings. The van der Waals surface area contributed by atoms with E-state index in [1.54, 1.807) is 7.11 Å². The van der Waals surface area contributed by atoms with Crippen LogP contribution in [0.1, 0.15) is 5.69 Å². The molecule has 1 N–H and O–H groups in total. The van der Waals surface area contributed by atoms with Crippen molar-refractivity contribution in [2.45, 2.75) is 13.1 Å². The second-order valence-electron chi connectivity index (χ2n) is 3.98. The van der Waals surface area contributed by atoms with Crippen LogP contribution in [0, 0.1) is 0 Å². The summed E-state index contributed by atoms with van der Waals surface area (Å²) in [5.74, 6) is 0.896. The van der Waals surface area contributed by atoms with E-state index in [2.05, 4.69) is 16.0 Å². The third-order valence-electron chi connectivity index (χ3n) is 3.09. The molecule has 1 aliphatic heterocycles. The lowest BCUT2D eigenvalue weighted by molar-refractivity contribution is 0.415. The lowest BCUT2D eigenvalue weighted by Gasteiger charge is -2.18. The van der Waals surface area contributed by atoms with Crippen LogP contribution in [-0.4, -0.2) is 18.2 Å². The zero-order valence-corrected chi connectivity index (χ0v) is 9.84. The summed E-state index contributed by atoms with van der Waals surface area (Å²) in [5.41, 5.74) is 2.39. The zero-order chi connectivity index (χ0) is 11.1. The lowest BCUT2D eigenvalue weighted by atomic mass is 10.2. The highest BCUT2D eigenvalue weighted by atomic mass is 35.5. The largest absolute Gasteiger partial charge is 0.495 e. The van der Waals surface area contributed by atoms with Gasteiger partial charge in [0.25, 0.3) is 0 Å². The van der Waals surface area contributed by atoms with Gasteiger partial charge in [0.1, 0.15) is 5.75 Å². The van der Waals surface area contributed by atoms with Crippen molar-refractivity contribution in [2.24, 2.45) is 0 Å². The third kappa shape index (κ3) is 1.32. The average molecular weight is 237 g/mol. The molecule has 3 rings (SSSR count). The molecule has 4 heteroatoms. The van der Waals surface area contributed by atoms with Gasteiger partial charge in [0.05, 0.1) is 17.6 Å². The number of fused-ring (bicyclic) bond motifs is 3. The predicted molar refractivity (Wildman–Crippen MR) is 65.2 cm³/mol. The Hall–Kier alpha value is -1.19. The van der Waals surface area contributed by atoms with Crippen molar-refractivity contribution in [3.05, 3.63) is 28.9 Å². The minimum atomic E-state index is 0.790. The molecule has 0 bridgehead atoms. The summed E-state index contributed by atoms with van der Waals surface area (Å²) in [5, 5.41) is 5.23. The van der Waals surface area contributed by atoms with Crippen molar-refractivity contribution >= 4 is 22.5 Å². The number of benzene rings is 1. The number of nitrogens with one attached hydrogen (secondary N) is 1. The number of nitrogens with zero attached hydrogens (tertiary/aromatic N) is 1. The molecule has 0 saturated heterocycles. The first kappa shape index (κ1) is 10.00. The van der Waals surface area contributed by atoms with Crippen molar-refractivity contribution in [1.82, 2.24) is 9.88 Å². The molecule has 0 saturated carbocycles. The van der Waals surface area contributed by atoms with E-state index in [1.807, 2.05) is 12.1 Å². The number of aromatic nitrogens is 1. The second kappa shape index (κ2) is 3.68. The van der Waals surface area contributed by atoms with Crippen LogP contribution in [0.15, 0.2) is 18.2 Å². The van der Waals surface area contributed by atoms with Gasteiger partial charge >= 0.3 is 0 Å². The summed E-state index contributed by atoms with van der Waals surface area (Å²) in [4.78, 5) is 0. The van der Waals surface area contributed by atoms with Gasteiger partial charge in [-0.3, -0.25) is 0 Å².